The van der Waals surface area contributed by atoms with Crippen LogP contribution in [0.1, 0.15) is 35.1 Å². The van der Waals surface area contributed by atoms with Gasteiger partial charge in [-0.25, -0.2) is 14.5 Å². The summed E-state index contributed by atoms with van der Waals surface area (Å²) in [6, 6.07) is 4.76. The molecule has 0 fully saturated rings. The number of hydrogen-bond donors (Lipinski definition) is 0. The zero-order chi connectivity index (χ0) is 13.1. The number of ether oxygens (including phenoxy) is 1. The molecule has 18 heavy (non-hydrogen) atoms. The molecule has 0 aliphatic heterocycles. The number of methoxy groups -OCH3 is 1. The second-order valence-electron chi connectivity index (χ2n) is 3.53. The van der Waals surface area contributed by atoms with E-state index in [1.165, 1.54) is 24.2 Å². The van der Waals surface area contributed by atoms with Gasteiger partial charge in [-0.2, -0.15) is 5.26 Å². The van der Waals surface area contributed by atoms with Crippen molar-refractivity contribution in [3.05, 3.63) is 35.8 Å². The highest BCUT2D eigenvalue weighted by Crippen LogP contribution is 2.19. The lowest BCUT2D eigenvalue weighted by molar-refractivity contribution is 0.0562. The standard InChI is InChI=1S/C11H10N4O3/c1-7(15-6-13-10(5-12)14-15)8-3-4-9(18-8)11(16)17-2/h3-4,6-7H,1-2H3. The van der Waals surface area contributed by atoms with Crippen molar-refractivity contribution in [1.29, 1.82) is 5.26 Å². The molecule has 0 aliphatic carbocycles. The largest absolute Gasteiger partial charge is 0.463 e. The Bertz CT molecular complexity index is 608. The molecule has 7 nitrogen and oxygen atoms in total. The Morgan fingerprint density at radius 3 is 3.00 bits per heavy atom. The van der Waals surface area contributed by atoms with E-state index in [9.17, 15) is 4.79 Å². The van der Waals surface area contributed by atoms with Crippen LogP contribution in [0.15, 0.2) is 22.9 Å². The maximum atomic E-state index is 11.2. The summed E-state index contributed by atoms with van der Waals surface area (Å²) in [5.74, 6) is 0.205. The molecule has 0 amide bonds. The van der Waals surface area contributed by atoms with Gasteiger partial charge < -0.3 is 9.15 Å². The summed E-state index contributed by atoms with van der Waals surface area (Å²) < 4.78 is 11.4. The minimum absolute atomic E-state index is 0.0848. The van der Waals surface area contributed by atoms with Gasteiger partial charge in [0.15, 0.2) is 0 Å². The van der Waals surface area contributed by atoms with Gasteiger partial charge >= 0.3 is 5.97 Å². The first kappa shape index (κ1) is 11.9. The first-order chi connectivity index (χ1) is 8.65. The van der Waals surface area contributed by atoms with Gasteiger partial charge in [0.05, 0.1) is 7.11 Å². The van der Waals surface area contributed by atoms with Crippen LogP contribution in [0.25, 0.3) is 0 Å². The number of nitriles is 1. The van der Waals surface area contributed by atoms with Crippen LogP contribution >= 0.6 is 0 Å². The van der Waals surface area contributed by atoms with Gasteiger partial charge in [0, 0.05) is 0 Å². The summed E-state index contributed by atoms with van der Waals surface area (Å²) in [5.41, 5.74) is 0. The van der Waals surface area contributed by atoms with Gasteiger partial charge in [-0.05, 0) is 19.1 Å². The Morgan fingerprint density at radius 2 is 2.39 bits per heavy atom. The molecule has 1 unspecified atom stereocenters. The van der Waals surface area contributed by atoms with Crippen LogP contribution in [0, 0.1) is 11.3 Å². The van der Waals surface area contributed by atoms with E-state index < -0.39 is 5.97 Å². The van der Waals surface area contributed by atoms with Crippen molar-refractivity contribution in [3.8, 4) is 6.07 Å². The van der Waals surface area contributed by atoms with E-state index in [1.807, 2.05) is 13.0 Å². The fraction of sp³-hybridized carbons (Fsp3) is 0.273. The number of esters is 1. The minimum Gasteiger partial charge on any atom is -0.463 e. The molecule has 0 aliphatic rings. The molecule has 2 rings (SSSR count). The Labute approximate surface area is 103 Å². The maximum absolute atomic E-state index is 11.2. The average molecular weight is 246 g/mol. The predicted molar refractivity (Wildman–Crippen MR) is 58.6 cm³/mol. The molecule has 2 aromatic heterocycles. The van der Waals surface area contributed by atoms with E-state index in [1.54, 1.807) is 6.07 Å². The minimum atomic E-state index is -0.537. The molecule has 2 aromatic rings. The van der Waals surface area contributed by atoms with E-state index in [4.69, 9.17) is 9.68 Å². The smallest absolute Gasteiger partial charge is 0.373 e. The van der Waals surface area contributed by atoms with Gasteiger partial charge in [0.1, 0.15) is 24.2 Å². The lowest BCUT2D eigenvalue weighted by Gasteiger charge is -2.07. The van der Waals surface area contributed by atoms with Crippen molar-refractivity contribution in [1.82, 2.24) is 14.8 Å². The van der Waals surface area contributed by atoms with Crippen LogP contribution < -0.4 is 0 Å². The van der Waals surface area contributed by atoms with Gasteiger partial charge in [-0.1, -0.05) is 0 Å². The molecule has 92 valence electrons. The van der Waals surface area contributed by atoms with Crippen molar-refractivity contribution >= 4 is 5.97 Å². The molecule has 0 spiro atoms. The Balaban J connectivity index is 2.23. The highest BCUT2D eigenvalue weighted by Gasteiger charge is 2.17. The van der Waals surface area contributed by atoms with Crippen LogP contribution in [-0.2, 0) is 4.74 Å². The summed E-state index contributed by atoms with van der Waals surface area (Å²) in [6.07, 6.45) is 1.43. The normalized spacial score (nSPS) is 11.8. The van der Waals surface area contributed by atoms with Crippen molar-refractivity contribution in [2.24, 2.45) is 0 Å². The molecule has 0 N–H and O–H groups in total. The van der Waals surface area contributed by atoms with E-state index >= 15 is 0 Å². The number of rotatable bonds is 3. The van der Waals surface area contributed by atoms with Crippen LogP contribution in [0.2, 0.25) is 0 Å². The quantitative estimate of drug-likeness (QED) is 0.754. The Hall–Kier alpha value is -2.62. The summed E-state index contributed by atoms with van der Waals surface area (Å²) in [6.45, 7) is 1.82. The summed E-state index contributed by atoms with van der Waals surface area (Å²) in [7, 11) is 1.28. The monoisotopic (exact) mass is 246 g/mol. The van der Waals surface area contributed by atoms with Crippen molar-refractivity contribution in [3.63, 3.8) is 0 Å². The predicted octanol–water partition coefficient (Wildman–Crippen LogP) is 1.14. The van der Waals surface area contributed by atoms with E-state index in [-0.39, 0.29) is 17.6 Å². The summed E-state index contributed by atoms with van der Waals surface area (Å²) in [4.78, 5) is 15.0. The lowest BCUT2D eigenvalue weighted by Crippen LogP contribution is -2.07. The first-order valence-electron chi connectivity index (χ1n) is 5.15. The number of carbonyl (C=O) groups is 1. The molecular weight excluding hydrogens is 236 g/mol. The van der Waals surface area contributed by atoms with Crippen LogP contribution in [0.5, 0.6) is 0 Å². The molecule has 1 atom stereocenters. The fourth-order valence-corrected chi connectivity index (χ4v) is 1.43. The van der Waals surface area contributed by atoms with Gasteiger partial charge in [0.2, 0.25) is 5.76 Å². The van der Waals surface area contributed by atoms with E-state index in [2.05, 4.69) is 14.8 Å². The van der Waals surface area contributed by atoms with Crippen molar-refractivity contribution in [2.45, 2.75) is 13.0 Å². The number of aromatic nitrogens is 3. The second kappa shape index (κ2) is 4.71. The number of nitrogens with zero attached hydrogens (tertiary/aromatic N) is 4. The summed E-state index contributed by atoms with van der Waals surface area (Å²) >= 11 is 0. The Morgan fingerprint density at radius 1 is 1.61 bits per heavy atom. The topological polar surface area (TPSA) is 93.9 Å². The lowest BCUT2D eigenvalue weighted by atomic mass is 10.3. The average Bonchev–Trinajstić information content (AvgIpc) is 3.05. The Kier molecular flexibility index (Phi) is 3.10. The third kappa shape index (κ3) is 2.08. The number of furan rings is 1. The molecule has 0 radical (unpaired) electrons. The van der Waals surface area contributed by atoms with Gasteiger partial charge in [-0.3, -0.25) is 0 Å². The molecule has 0 saturated carbocycles. The van der Waals surface area contributed by atoms with Crippen molar-refractivity contribution in [2.75, 3.05) is 7.11 Å². The molecule has 0 bridgehead atoms. The fourth-order valence-electron chi connectivity index (χ4n) is 1.43. The molecule has 0 saturated heterocycles. The van der Waals surface area contributed by atoms with Crippen LogP contribution in [0.4, 0.5) is 0 Å². The zero-order valence-corrected chi connectivity index (χ0v) is 9.82. The molecular formula is C11H10N4O3. The van der Waals surface area contributed by atoms with Crippen LogP contribution in [-0.4, -0.2) is 27.8 Å². The highest BCUT2D eigenvalue weighted by atomic mass is 16.5. The third-order valence-corrected chi connectivity index (χ3v) is 2.43. The maximum Gasteiger partial charge on any atom is 0.373 e. The SMILES string of the molecule is COC(=O)c1ccc(C(C)n2cnc(C#N)n2)o1. The summed E-state index contributed by atoms with van der Waals surface area (Å²) in [5, 5.41) is 12.6. The van der Waals surface area contributed by atoms with Crippen molar-refractivity contribution < 1.29 is 13.9 Å². The zero-order valence-electron chi connectivity index (χ0n) is 9.82. The highest BCUT2D eigenvalue weighted by molar-refractivity contribution is 5.86. The van der Waals surface area contributed by atoms with Crippen LogP contribution in [0.3, 0.4) is 0 Å². The molecule has 2 heterocycles. The molecule has 0 aromatic carbocycles. The third-order valence-electron chi connectivity index (χ3n) is 2.43. The number of carbonyl (C=O) groups excluding carboxylic acids is 1. The van der Waals surface area contributed by atoms with Gasteiger partial charge in [-0.15, -0.1) is 5.10 Å². The van der Waals surface area contributed by atoms with E-state index in [0.717, 1.165) is 0 Å². The second-order valence-corrected chi connectivity index (χ2v) is 3.53. The number of hydrogen-bond acceptors (Lipinski definition) is 6. The molecule has 7 heteroatoms. The first-order valence-corrected chi connectivity index (χ1v) is 5.15. The van der Waals surface area contributed by atoms with E-state index in [0.29, 0.717) is 5.76 Å². The van der Waals surface area contributed by atoms with Gasteiger partial charge in [0.25, 0.3) is 5.82 Å².